The van der Waals surface area contributed by atoms with Gasteiger partial charge in [-0.25, -0.2) is 4.79 Å². The van der Waals surface area contributed by atoms with Crippen molar-refractivity contribution in [1.29, 1.82) is 0 Å². The van der Waals surface area contributed by atoms with Gasteiger partial charge in [0.05, 0.1) is 19.8 Å². The summed E-state index contributed by atoms with van der Waals surface area (Å²) in [6.45, 7) is 5.89. The molecule has 0 aromatic heterocycles. The van der Waals surface area contributed by atoms with Crippen LogP contribution in [0.1, 0.15) is 6.92 Å². The summed E-state index contributed by atoms with van der Waals surface area (Å²) in [5, 5.41) is 3.02. The Morgan fingerprint density at radius 1 is 1.16 bits per heavy atom. The molecule has 0 aliphatic carbocycles. The molecule has 1 fully saturated rings. The molecule has 1 aliphatic heterocycles. The molecule has 1 aliphatic rings. The van der Waals surface area contributed by atoms with E-state index in [1.807, 2.05) is 0 Å². The number of nitrogens with one attached hydrogen (secondary N) is 1. The monoisotopic (exact) mass is 273 g/mol. The minimum absolute atomic E-state index is 0.0552. The number of piperazine rings is 1. The van der Waals surface area contributed by atoms with Gasteiger partial charge in [-0.05, 0) is 6.92 Å². The highest BCUT2D eigenvalue weighted by atomic mass is 16.6. The highest BCUT2D eigenvalue weighted by Crippen LogP contribution is 2.03. The van der Waals surface area contributed by atoms with E-state index in [4.69, 9.17) is 9.47 Å². The highest BCUT2D eigenvalue weighted by molar-refractivity contribution is 5.78. The molecule has 0 saturated carbocycles. The number of carbonyl (C=O) groups excluding carboxylic acids is 2. The van der Waals surface area contributed by atoms with E-state index >= 15 is 0 Å². The van der Waals surface area contributed by atoms with Gasteiger partial charge in [0.1, 0.15) is 0 Å². The van der Waals surface area contributed by atoms with Crippen molar-refractivity contribution < 1.29 is 19.1 Å². The summed E-state index contributed by atoms with van der Waals surface area (Å²) >= 11 is 0. The molecule has 2 amide bonds. The van der Waals surface area contributed by atoms with Crippen LogP contribution in [-0.4, -0.2) is 81.4 Å². The van der Waals surface area contributed by atoms with E-state index in [1.54, 1.807) is 23.8 Å². The number of carbonyl (C=O) groups is 2. The van der Waals surface area contributed by atoms with Crippen molar-refractivity contribution in [3.63, 3.8) is 0 Å². The second kappa shape index (κ2) is 8.71. The molecular formula is C12H23N3O4. The van der Waals surface area contributed by atoms with Gasteiger partial charge in [-0.1, -0.05) is 0 Å². The van der Waals surface area contributed by atoms with Gasteiger partial charge in [-0.2, -0.15) is 0 Å². The van der Waals surface area contributed by atoms with Crippen molar-refractivity contribution in [1.82, 2.24) is 15.1 Å². The molecule has 110 valence electrons. The molecule has 0 atom stereocenters. The summed E-state index contributed by atoms with van der Waals surface area (Å²) in [4.78, 5) is 26.7. The standard InChI is InChI=1S/C12H23N3O4/c1-3-19-12(17)15-7-5-14(6-8-15)11(16)10-13-4-9-18-2/h13H,3-10H2,1-2H3. The Bertz CT molecular complexity index is 291. The Balaban J connectivity index is 2.21. The van der Waals surface area contributed by atoms with Crippen molar-refractivity contribution in [2.75, 3.05) is 59.6 Å². The highest BCUT2D eigenvalue weighted by Gasteiger charge is 2.24. The third-order valence-corrected chi connectivity index (χ3v) is 2.92. The third kappa shape index (κ3) is 5.44. The normalized spacial score (nSPS) is 15.5. The van der Waals surface area contributed by atoms with Gasteiger partial charge in [0, 0.05) is 39.8 Å². The molecule has 0 bridgehead atoms. The van der Waals surface area contributed by atoms with Crippen LogP contribution in [0.4, 0.5) is 4.79 Å². The van der Waals surface area contributed by atoms with Crippen molar-refractivity contribution in [3.05, 3.63) is 0 Å². The maximum Gasteiger partial charge on any atom is 0.409 e. The maximum atomic E-state index is 11.9. The van der Waals surface area contributed by atoms with E-state index in [-0.39, 0.29) is 12.0 Å². The molecule has 0 aromatic carbocycles. The summed E-state index contributed by atoms with van der Waals surface area (Å²) in [6, 6.07) is 0. The molecule has 1 N–H and O–H groups in total. The summed E-state index contributed by atoms with van der Waals surface area (Å²) in [5.74, 6) is 0.0552. The van der Waals surface area contributed by atoms with Crippen molar-refractivity contribution in [3.8, 4) is 0 Å². The van der Waals surface area contributed by atoms with Crippen LogP contribution in [0, 0.1) is 0 Å². The Morgan fingerprint density at radius 2 is 1.79 bits per heavy atom. The average Bonchev–Trinajstić information content (AvgIpc) is 2.44. The SMILES string of the molecule is CCOC(=O)N1CCN(C(=O)CNCCOC)CC1. The number of hydrogen-bond donors (Lipinski definition) is 1. The van der Waals surface area contributed by atoms with Crippen LogP contribution in [0.3, 0.4) is 0 Å². The molecule has 0 aromatic rings. The second-order valence-electron chi connectivity index (χ2n) is 4.24. The molecule has 0 unspecified atom stereocenters. The van der Waals surface area contributed by atoms with Crippen molar-refractivity contribution >= 4 is 12.0 Å². The van der Waals surface area contributed by atoms with Gasteiger partial charge in [0.2, 0.25) is 5.91 Å². The lowest BCUT2D eigenvalue weighted by Crippen LogP contribution is -2.52. The van der Waals surface area contributed by atoms with E-state index in [1.165, 1.54) is 0 Å². The first-order valence-corrected chi connectivity index (χ1v) is 6.58. The Kier molecular flexibility index (Phi) is 7.20. The first-order valence-electron chi connectivity index (χ1n) is 6.58. The number of nitrogens with zero attached hydrogens (tertiary/aromatic N) is 2. The first-order chi connectivity index (χ1) is 9.19. The van der Waals surface area contributed by atoms with Gasteiger partial charge in [-0.15, -0.1) is 0 Å². The number of ether oxygens (including phenoxy) is 2. The molecule has 1 rings (SSSR count). The molecule has 1 saturated heterocycles. The van der Waals surface area contributed by atoms with Crippen LogP contribution >= 0.6 is 0 Å². The zero-order valence-electron chi connectivity index (χ0n) is 11.7. The minimum atomic E-state index is -0.298. The van der Waals surface area contributed by atoms with Crippen LogP contribution in [0.25, 0.3) is 0 Å². The van der Waals surface area contributed by atoms with Gasteiger partial charge >= 0.3 is 6.09 Å². The molecule has 19 heavy (non-hydrogen) atoms. The zero-order valence-corrected chi connectivity index (χ0v) is 11.7. The maximum absolute atomic E-state index is 11.9. The fourth-order valence-electron chi connectivity index (χ4n) is 1.83. The summed E-state index contributed by atoms with van der Waals surface area (Å²) < 4.78 is 9.81. The Labute approximate surface area is 113 Å². The molecule has 7 nitrogen and oxygen atoms in total. The molecular weight excluding hydrogens is 250 g/mol. The number of rotatable bonds is 6. The predicted octanol–water partition coefficient (Wildman–Crippen LogP) is -0.477. The average molecular weight is 273 g/mol. The molecule has 7 heteroatoms. The topological polar surface area (TPSA) is 71.1 Å². The summed E-state index contributed by atoms with van der Waals surface area (Å²) in [5.41, 5.74) is 0. The van der Waals surface area contributed by atoms with Crippen LogP contribution in [0.15, 0.2) is 0 Å². The van der Waals surface area contributed by atoms with E-state index in [2.05, 4.69) is 5.32 Å². The summed E-state index contributed by atoms with van der Waals surface area (Å²) in [7, 11) is 1.62. The molecule has 0 spiro atoms. The van der Waals surface area contributed by atoms with E-state index in [0.717, 1.165) is 0 Å². The van der Waals surface area contributed by atoms with E-state index in [9.17, 15) is 9.59 Å². The quantitative estimate of drug-likeness (QED) is 0.662. The van der Waals surface area contributed by atoms with E-state index < -0.39 is 0 Å². The van der Waals surface area contributed by atoms with Crippen LogP contribution in [-0.2, 0) is 14.3 Å². The second-order valence-corrected chi connectivity index (χ2v) is 4.24. The molecule has 0 radical (unpaired) electrons. The number of amides is 2. The Morgan fingerprint density at radius 3 is 2.37 bits per heavy atom. The van der Waals surface area contributed by atoms with Crippen LogP contribution in [0.2, 0.25) is 0 Å². The van der Waals surface area contributed by atoms with E-state index in [0.29, 0.717) is 52.5 Å². The van der Waals surface area contributed by atoms with Crippen LogP contribution < -0.4 is 5.32 Å². The predicted molar refractivity (Wildman–Crippen MR) is 69.9 cm³/mol. The smallest absolute Gasteiger partial charge is 0.409 e. The lowest BCUT2D eigenvalue weighted by Gasteiger charge is -2.34. The largest absolute Gasteiger partial charge is 0.450 e. The lowest BCUT2D eigenvalue weighted by molar-refractivity contribution is -0.131. The Hall–Kier alpha value is -1.34. The number of hydrogen-bond acceptors (Lipinski definition) is 5. The third-order valence-electron chi connectivity index (χ3n) is 2.92. The van der Waals surface area contributed by atoms with Crippen molar-refractivity contribution in [2.45, 2.75) is 6.92 Å². The first kappa shape index (κ1) is 15.7. The molecule has 1 heterocycles. The van der Waals surface area contributed by atoms with Gasteiger partial charge in [0.15, 0.2) is 0 Å². The lowest BCUT2D eigenvalue weighted by atomic mass is 10.3. The fourth-order valence-corrected chi connectivity index (χ4v) is 1.83. The van der Waals surface area contributed by atoms with Gasteiger partial charge in [0.25, 0.3) is 0 Å². The number of methoxy groups -OCH3 is 1. The van der Waals surface area contributed by atoms with Gasteiger partial charge in [-0.3, -0.25) is 4.79 Å². The summed E-state index contributed by atoms with van der Waals surface area (Å²) in [6.07, 6.45) is -0.298. The van der Waals surface area contributed by atoms with Crippen LogP contribution in [0.5, 0.6) is 0 Å². The van der Waals surface area contributed by atoms with Crippen molar-refractivity contribution in [2.24, 2.45) is 0 Å². The van der Waals surface area contributed by atoms with Gasteiger partial charge < -0.3 is 24.6 Å². The zero-order chi connectivity index (χ0) is 14.1. The fraction of sp³-hybridized carbons (Fsp3) is 0.833. The minimum Gasteiger partial charge on any atom is -0.450 e.